The summed E-state index contributed by atoms with van der Waals surface area (Å²) in [5, 5.41) is 8.55. The number of amides is 1. The van der Waals surface area contributed by atoms with Crippen LogP contribution in [0.25, 0.3) is 0 Å². The Hall–Kier alpha value is -1.83. The molecular formula is C13H10ClF4NO3. The zero-order valence-electron chi connectivity index (χ0n) is 10.9. The Bertz CT molecular complexity index is 620. The van der Waals surface area contributed by atoms with E-state index in [0.717, 1.165) is 23.1 Å². The van der Waals surface area contributed by atoms with E-state index in [1.54, 1.807) is 0 Å². The third-order valence-corrected chi connectivity index (χ3v) is 3.80. The normalized spacial score (nSPS) is 22.0. The summed E-state index contributed by atoms with van der Waals surface area (Å²) >= 11 is 5.53. The smallest absolute Gasteiger partial charge is 0.394 e. The lowest BCUT2D eigenvalue weighted by Gasteiger charge is -2.18. The van der Waals surface area contributed by atoms with Crippen LogP contribution in [0.1, 0.15) is 10.4 Å². The van der Waals surface area contributed by atoms with Gasteiger partial charge in [-0.05, 0) is 18.2 Å². The first-order valence-electron chi connectivity index (χ1n) is 6.15. The molecule has 4 nitrogen and oxygen atoms in total. The molecule has 1 amide bonds. The van der Waals surface area contributed by atoms with E-state index in [1.807, 2.05) is 0 Å². The molecule has 0 saturated carbocycles. The van der Waals surface area contributed by atoms with Crippen molar-refractivity contribution in [1.82, 2.24) is 4.90 Å². The van der Waals surface area contributed by atoms with Gasteiger partial charge in [0.05, 0.1) is 16.9 Å². The van der Waals surface area contributed by atoms with Crippen LogP contribution < -0.4 is 0 Å². The second-order valence-electron chi connectivity index (χ2n) is 4.93. The molecular weight excluding hydrogens is 330 g/mol. The van der Waals surface area contributed by atoms with Crippen molar-refractivity contribution < 1.29 is 32.3 Å². The maximum atomic E-state index is 13.0. The summed E-state index contributed by atoms with van der Waals surface area (Å²) in [7, 11) is 0. The first-order chi connectivity index (χ1) is 10.1. The predicted molar refractivity (Wildman–Crippen MR) is 68.0 cm³/mol. The summed E-state index contributed by atoms with van der Waals surface area (Å²) in [4.78, 5) is 23.9. The second kappa shape index (κ2) is 5.75. The highest BCUT2D eigenvalue weighted by molar-refractivity contribution is 6.31. The number of benzene rings is 1. The molecule has 1 heterocycles. The minimum absolute atomic E-state index is 0.0987. The summed E-state index contributed by atoms with van der Waals surface area (Å²) in [6.07, 6.45) is -4.72. The fourth-order valence-corrected chi connectivity index (χ4v) is 2.54. The van der Waals surface area contributed by atoms with E-state index in [0.29, 0.717) is 0 Å². The topological polar surface area (TPSA) is 57.6 Å². The van der Waals surface area contributed by atoms with E-state index >= 15 is 0 Å². The number of hydrogen-bond donors (Lipinski definition) is 1. The van der Waals surface area contributed by atoms with Crippen molar-refractivity contribution in [3.8, 4) is 0 Å². The van der Waals surface area contributed by atoms with Crippen LogP contribution in [0.15, 0.2) is 18.2 Å². The number of carboxylic acids is 1. The molecule has 120 valence electrons. The van der Waals surface area contributed by atoms with Gasteiger partial charge in [0.1, 0.15) is 5.82 Å². The summed E-state index contributed by atoms with van der Waals surface area (Å²) in [5.74, 6) is -7.06. The van der Waals surface area contributed by atoms with Gasteiger partial charge in [-0.2, -0.15) is 13.2 Å². The third-order valence-electron chi connectivity index (χ3n) is 3.51. The molecule has 0 aromatic heterocycles. The monoisotopic (exact) mass is 339 g/mol. The number of halogens is 5. The van der Waals surface area contributed by atoms with E-state index in [2.05, 4.69) is 0 Å². The molecule has 0 unspecified atom stereocenters. The molecule has 1 N–H and O–H groups in total. The fourth-order valence-electron chi connectivity index (χ4n) is 2.36. The number of alkyl halides is 3. The third kappa shape index (κ3) is 3.16. The van der Waals surface area contributed by atoms with Crippen LogP contribution in [-0.4, -0.2) is 41.1 Å². The highest BCUT2D eigenvalue weighted by atomic mass is 35.5. The molecule has 1 saturated heterocycles. The molecule has 0 radical (unpaired) electrons. The highest BCUT2D eigenvalue weighted by Crippen LogP contribution is 2.38. The predicted octanol–water partition coefficient (Wildman–Crippen LogP) is 2.81. The number of aliphatic carboxylic acids is 1. The van der Waals surface area contributed by atoms with E-state index in [1.165, 1.54) is 0 Å². The van der Waals surface area contributed by atoms with Gasteiger partial charge in [0.15, 0.2) is 0 Å². The van der Waals surface area contributed by atoms with Crippen molar-refractivity contribution in [1.29, 1.82) is 0 Å². The summed E-state index contributed by atoms with van der Waals surface area (Å²) < 4.78 is 51.6. The van der Waals surface area contributed by atoms with Gasteiger partial charge >= 0.3 is 12.1 Å². The van der Waals surface area contributed by atoms with Crippen LogP contribution in [-0.2, 0) is 4.79 Å². The maximum absolute atomic E-state index is 13.0. The number of hydrogen-bond acceptors (Lipinski definition) is 2. The van der Waals surface area contributed by atoms with Crippen molar-refractivity contribution in [2.45, 2.75) is 6.18 Å². The average Bonchev–Trinajstić information content (AvgIpc) is 2.86. The molecule has 0 aliphatic carbocycles. The zero-order valence-corrected chi connectivity index (χ0v) is 11.7. The van der Waals surface area contributed by atoms with E-state index in [-0.39, 0.29) is 10.6 Å². The lowest BCUT2D eigenvalue weighted by atomic mass is 9.96. The van der Waals surface area contributed by atoms with Crippen molar-refractivity contribution in [3.63, 3.8) is 0 Å². The lowest BCUT2D eigenvalue weighted by molar-refractivity contribution is -0.187. The Morgan fingerprint density at radius 3 is 2.36 bits per heavy atom. The van der Waals surface area contributed by atoms with Gasteiger partial charge in [-0.15, -0.1) is 0 Å². The number of carboxylic acid groups (broad SMARTS) is 1. The fraction of sp³-hybridized carbons (Fsp3) is 0.385. The van der Waals surface area contributed by atoms with Crippen LogP contribution >= 0.6 is 11.6 Å². The van der Waals surface area contributed by atoms with Gasteiger partial charge in [-0.3, -0.25) is 9.59 Å². The van der Waals surface area contributed by atoms with Gasteiger partial charge in [-0.25, -0.2) is 4.39 Å². The summed E-state index contributed by atoms with van der Waals surface area (Å²) in [5.41, 5.74) is -0.0987. The Labute approximate surface area is 127 Å². The van der Waals surface area contributed by atoms with Gasteiger partial charge in [0.2, 0.25) is 0 Å². The first-order valence-corrected chi connectivity index (χ1v) is 6.53. The van der Waals surface area contributed by atoms with Gasteiger partial charge in [-0.1, -0.05) is 11.6 Å². The average molecular weight is 340 g/mol. The molecule has 1 fully saturated rings. The number of nitrogens with zero attached hydrogens (tertiary/aromatic N) is 1. The van der Waals surface area contributed by atoms with Crippen LogP contribution in [0, 0.1) is 17.7 Å². The van der Waals surface area contributed by atoms with E-state index in [9.17, 15) is 27.2 Å². The molecule has 1 aliphatic rings. The van der Waals surface area contributed by atoms with E-state index in [4.69, 9.17) is 16.7 Å². The molecule has 2 rings (SSSR count). The quantitative estimate of drug-likeness (QED) is 0.843. The van der Waals surface area contributed by atoms with Crippen LogP contribution in [0.3, 0.4) is 0 Å². The summed E-state index contributed by atoms with van der Waals surface area (Å²) in [6, 6.07) is 3.00. The number of likely N-dealkylation sites (tertiary alicyclic amines) is 1. The SMILES string of the molecule is O=C(O)[C@@H]1CN(C(=O)c2ccc(F)c(Cl)c2)C[C@H]1C(F)(F)F. The minimum atomic E-state index is -4.72. The van der Waals surface area contributed by atoms with Crippen LogP contribution in [0.4, 0.5) is 17.6 Å². The maximum Gasteiger partial charge on any atom is 0.394 e. The molecule has 22 heavy (non-hydrogen) atoms. The molecule has 0 spiro atoms. The largest absolute Gasteiger partial charge is 0.481 e. The van der Waals surface area contributed by atoms with Gasteiger partial charge < -0.3 is 10.0 Å². The van der Waals surface area contributed by atoms with Crippen molar-refractivity contribution in [2.24, 2.45) is 11.8 Å². The van der Waals surface area contributed by atoms with Crippen molar-refractivity contribution in [3.05, 3.63) is 34.6 Å². The standard InChI is InChI=1S/C13H10ClF4NO3/c14-9-3-6(1-2-10(9)15)11(20)19-4-7(12(21)22)8(5-19)13(16,17)18/h1-3,7-8H,4-5H2,(H,21,22)/t7-,8-/m1/s1. The molecule has 1 aromatic carbocycles. The Morgan fingerprint density at radius 2 is 1.91 bits per heavy atom. The highest BCUT2D eigenvalue weighted by Gasteiger charge is 2.53. The Kier molecular flexibility index (Phi) is 4.32. The summed E-state index contributed by atoms with van der Waals surface area (Å²) in [6.45, 7) is -1.32. The van der Waals surface area contributed by atoms with Crippen LogP contribution in [0.5, 0.6) is 0 Å². The Morgan fingerprint density at radius 1 is 1.27 bits per heavy atom. The van der Waals surface area contributed by atoms with Gasteiger partial charge in [0, 0.05) is 18.7 Å². The van der Waals surface area contributed by atoms with Gasteiger partial charge in [0.25, 0.3) is 5.91 Å². The minimum Gasteiger partial charge on any atom is -0.481 e. The second-order valence-corrected chi connectivity index (χ2v) is 5.34. The molecule has 1 aliphatic heterocycles. The number of rotatable bonds is 2. The molecule has 2 atom stereocenters. The van der Waals surface area contributed by atoms with Crippen LogP contribution in [0.2, 0.25) is 5.02 Å². The lowest BCUT2D eigenvalue weighted by Crippen LogP contribution is -2.34. The molecule has 0 bridgehead atoms. The molecule has 1 aromatic rings. The number of carbonyl (C=O) groups excluding carboxylic acids is 1. The van der Waals surface area contributed by atoms with Crippen molar-refractivity contribution >= 4 is 23.5 Å². The number of carbonyl (C=O) groups is 2. The first kappa shape index (κ1) is 16.5. The van der Waals surface area contributed by atoms with Crippen molar-refractivity contribution in [2.75, 3.05) is 13.1 Å². The Balaban J connectivity index is 2.24. The van der Waals surface area contributed by atoms with E-state index < -0.39 is 48.8 Å². The molecule has 9 heteroatoms. The zero-order chi connectivity index (χ0) is 16.7.